The third kappa shape index (κ3) is 4.49. The Morgan fingerprint density at radius 2 is 1.11 bits per heavy atom. The van der Waals surface area contributed by atoms with Gasteiger partial charge in [0.25, 0.3) is 0 Å². The highest BCUT2D eigenvalue weighted by molar-refractivity contribution is 7.79. The van der Waals surface area contributed by atoms with Gasteiger partial charge in [-0.05, 0) is 48.9 Å². The van der Waals surface area contributed by atoms with Crippen LogP contribution in [0.25, 0.3) is 0 Å². The van der Waals surface area contributed by atoms with Crippen molar-refractivity contribution in [2.45, 2.75) is 26.8 Å². The molecule has 27 heavy (non-hydrogen) atoms. The molecule has 3 aromatic rings. The highest BCUT2D eigenvalue weighted by atomic mass is 31.1. The lowest BCUT2D eigenvalue weighted by Crippen LogP contribution is -2.36. The Kier molecular flexibility index (Phi) is 6.15. The van der Waals surface area contributed by atoms with Crippen LogP contribution in [0.2, 0.25) is 0 Å². The average Bonchev–Trinajstić information content (AvgIpc) is 2.64. The summed E-state index contributed by atoms with van der Waals surface area (Å²) < 4.78 is 0. The summed E-state index contributed by atoms with van der Waals surface area (Å²) in [4.78, 5) is 2.36. The first-order valence-corrected chi connectivity index (χ1v) is 10.9. The summed E-state index contributed by atoms with van der Waals surface area (Å²) in [5.74, 6) is 0. The first kappa shape index (κ1) is 19.8. The van der Waals surface area contributed by atoms with E-state index in [1.54, 1.807) is 0 Å². The highest BCUT2D eigenvalue weighted by Crippen LogP contribution is 2.41. The lowest BCUT2D eigenvalue weighted by atomic mass is 9.81. The van der Waals surface area contributed by atoms with Crippen molar-refractivity contribution in [2.24, 2.45) is 5.41 Å². The van der Waals surface area contributed by atoms with Gasteiger partial charge >= 0.3 is 0 Å². The fourth-order valence-electron chi connectivity index (χ4n) is 4.02. The molecule has 2 heteroatoms. The van der Waals surface area contributed by atoms with Gasteiger partial charge in [-0.1, -0.05) is 106 Å². The van der Waals surface area contributed by atoms with Gasteiger partial charge in [0.05, 0.1) is 0 Å². The van der Waals surface area contributed by atoms with Crippen molar-refractivity contribution in [1.29, 1.82) is 0 Å². The first-order chi connectivity index (χ1) is 12.9. The van der Waals surface area contributed by atoms with Crippen molar-refractivity contribution in [2.75, 3.05) is 14.1 Å². The molecular formula is C25H30NP. The van der Waals surface area contributed by atoms with Crippen molar-refractivity contribution in [3.63, 3.8) is 0 Å². The van der Waals surface area contributed by atoms with Crippen molar-refractivity contribution in [3.05, 3.63) is 90.5 Å². The Morgan fingerprint density at radius 3 is 1.56 bits per heavy atom. The molecule has 0 saturated heterocycles. The molecule has 1 unspecified atom stereocenters. The van der Waals surface area contributed by atoms with Crippen LogP contribution in [0.15, 0.2) is 84.9 Å². The van der Waals surface area contributed by atoms with Crippen LogP contribution in [-0.2, 0) is 0 Å². The molecule has 0 aliphatic carbocycles. The number of benzene rings is 3. The average molecular weight is 375 g/mol. The maximum Gasteiger partial charge on any atom is 0.0396 e. The molecule has 0 aliphatic rings. The van der Waals surface area contributed by atoms with Gasteiger partial charge in [-0.25, -0.2) is 0 Å². The van der Waals surface area contributed by atoms with Gasteiger partial charge in [0.1, 0.15) is 0 Å². The second-order valence-corrected chi connectivity index (χ2v) is 10.5. The molecule has 0 saturated carbocycles. The zero-order valence-electron chi connectivity index (χ0n) is 17.1. The molecule has 0 spiro atoms. The largest absolute Gasteiger partial charge is 0.302 e. The van der Waals surface area contributed by atoms with E-state index in [1.807, 2.05) is 0 Å². The van der Waals surface area contributed by atoms with Crippen LogP contribution in [0.3, 0.4) is 0 Å². The van der Waals surface area contributed by atoms with E-state index < -0.39 is 7.92 Å². The van der Waals surface area contributed by atoms with Crippen molar-refractivity contribution >= 4 is 23.8 Å². The van der Waals surface area contributed by atoms with Crippen LogP contribution in [-0.4, -0.2) is 19.0 Å². The SMILES string of the molecule is CN(C)C(c1ccccc1P(c1ccccc1)c1ccccc1)C(C)(C)C. The van der Waals surface area contributed by atoms with E-state index in [4.69, 9.17) is 0 Å². The Morgan fingerprint density at radius 1 is 0.667 bits per heavy atom. The number of hydrogen-bond donors (Lipinski definition) is 0. The van der Waals surface area contributed by atoms with E-state index in [0.717, 1.165) is 0 Å². The number of nitrogens with zero attached hydrogens (tertiary/aromatic N) is 1. The fourth-order valence-corrected chi connectivity index (χ4v) is 6.51. The maximum atomic E-state index is 2.36. The normalized spacial score (nSPS) is 13.1. The number of rotatable bonds is 5. The zero-order valence-corrected chi connectivity index (χ0v) is 17.9. The lowest BCUT2D eigenvalue weighted by molar-refractivity contribution is 0.155. The molecule has 0 aliphatic heterocycles. The van der Waals surface area contributed by atoms with Gasteiger partial charge in [0, 0.05) is 6.04 Å². The lowest BCUT2D eigenvalue weighted by Gasteiger charge is -2.38. The molecule has 1 atom stereocenters. The minimum Gasteiger partial charge on any atom is -0.302 e. The molecular weight excluding hydrogens is 345 g/mol. The van der Waals surface area contributed by atoms with E-state index in [0.29, 0.717) is 6.04 Å². The van der Waals surface area contributed by atoms with Gasteiger partial charge in [-0.2, -0.15) is 0 Å². The van der Waals surface area contributed by atoms with Gasteiger partial charge in [0.2, 0.25) is 0 Å². The van der Waals surface area contributed by atoms with Crippen LogP contribution >= 0.6 is 7.92 Å². The van der Waals surface area contributed by atoms with Gasteiger partial charge < -0.3 is 4.90 Å². The van der Waals surface area contributed by atoms with E-state index in [1.165, 1.54) is 21.5 Å². The molecule has 0 radical (unpaired) electrons. The number of hydrogen-bond acceptors (Lipinski definition) is 1. The van der Waals surface area contributed by atoms with Gasteiger partial charge in [-0.3, -0.25) is 0 Å². The van der Waals surface area contributed by atoms with Crippen molar-refractivity contribution in [1.82, 2.24) is 4.90 Å². The van der Waals surface area contributed by atoms with Crippen LogP contribution in [0, 0.1) is 5.41 Å². The third-order valence-electron chi connectivity index (χ3n) is 4.84. The first-order valence-electron chi connectivity index (χ1n) is 9.55. The van der Waals surface area contributed by atoms with E-state index in [2.05, 4.69) is 125 Å². The summed E-state index contributed by atoms with van der Waals surface area (Å²) in [5, 5.41) is 4.26. The minimum absolute atomic E-state index is 0.147. The van der Waals surface area contributed by atoms with Crippen molar-refractivity contribution < 1.29 is 0 Å². The molecule has 140 valence electrons. The Hall–Kier alpha value is -1.95. The van der Waals surface area contributed by atoms with Crippen molar-refractivity contribution in [3.8, 4) is 0 Å². The molecule has 1 nitrogen and oxygen atoms in total. The topological polar surface area (TPSA) is 3.24 Å². The van der Waals surface area contributed by atoms with E-state index in [9.17, 15) is 0 Å². The standard InChI is InChI=1S/C25H30NP/c1-25(2,3)24(26(4)5)22-18-12-13-19-23(22)27(20-14-8-6-9-15-20)21-16-10-7-11-17-21/h6-19,24H,1-5H3. The summed E-state index contributed by atoms with van der Waals surface area (Å²) in [6, 6.07) is 31.3. The molecule has 0 aromatic heterocycles. The third-order valence-corrected chi connectivity index (χ3v) is 7.36. The summed E-state index contributed by atoms with van der Waals surface area (Å²) in [6.45, 7) is 7.01. The maximum absolute atomic E-state index is 2.36. The van der Waals surface area contributed by atoms with Gasteiger partial charge in [0.15, 0.2) is 0 Å². The minimum atomic E-state index is -0.598. The second kappa shape index (κ2) is 8.38. The Labute approximate surface area is 165 Å². The molecule has 0 N–H and O–H groups in total. The summed E-state index contributed by atoms with van der Waals surface area (Å²) in [7, 11) is 3.79. The van der Waals surface area contributed by atoms with E-state index in [-0.39, 0.29) is 5.41 Å². The molecule has 0 amide bonds. The molecule has 0 fully saturated rings. The smallest absolute Gasteiger partial charge is 0.0396 e. The Balaban J connectivity index is 2.23. The molecule has 0 heterocycles. The molecule has 0 bridgehead atoms. The molecule has 3 aromatic carbocycles. The van der Waals surface area contributed by atoms with Crippen LogP contribution in [0.5, 0.6) is 0 Å². The monoisotopic (exact) mass is 375 g/mol. The van der Waals surface area contributed by atoms with Crippen LogP contribution < -0.4 is 15.9 Å². The molecule has 3 rings (SSSR count). The quantitative estimate of drug-likeness (QED) is 0.561. The van der Waals surface area contributed by atoms with Crippen LogP contribution in [0.4, 0.5) is 0 Å². The summed E-state index contributed by atoms with van der Waals surface area (Å²) in [5.41, 5.74) is 1.59. The fraction of sp³-hybridized carbons (Fsp3) is 0.280. The highest BCUT2D eigenvalue weighted by Gasteiger charge is 2.32. The summed E-state index contributed by atoms with van der Waals surface area (Å²) >= 11 is 0. The summed E-state index contributed by atoms with van der Waals surface area (Å²) in [6.07, 6.45) is 0. The van der Waals surface area contributed by atoms with E-state index >= 15 is 0 Å². The Bertz CT molecular complexity index is 811. The van der Waals surface area contributed by atoms with Crippen LogP contribution in [0.1, 0.15) is 32.4 Å². The zero-order chi connectivity index (χ0) is 19.4. The predicted molar refractivity (Wildman–Crippen MR) is 121 cm³/mol. The predicted octanol–water partition coefficient (Wildman–Crippen LogP) is 5.09. The second-order valence-electron chi connectivity index (χ2n) is 8.30. The van der Waals surface area contributed by atoms with Gasteiger partial charge in [-0.15, -0.1) is 0 Å².